The molecule has 0 heterocycles. The van der Waals surface area contributed by atoms with Crippen LogP contribution in [0.5, 0.6) is 5.75 Å². The van der Waals surface area contributed by atoms with Gasteiger partial charge in [-0.3, -0.25) is 0 Å². The Labute approximate surface area is 97.3 Å². The lowest BCUT2D eigenvalue weighted by molar-refractivity contribution is -0.121. The average molecular weight is 224 g/mol. The van der Waals surface area contributed by atoms with Crippen molar-refractivity contribution in [1.82, 2.24) is 0 Å². The monoisotopic (exact) mass is 224 g/mol. The van der Waals surface area contributed by atoms with Gasteiger partial charge < -0.3 is 14.2 Å². The second-order valence-corrected chi connectivity index (χ2v) is 3.94. The van der Waals surface area contributed by atoms with Crippen LogP contribution < -0.4 is 4.74 Å². The highest BCUT2D eigenvalue weighted by Gasteiger charge is 2.06. The molecule has 0 aromatic heterocycles. The number of rotatable bonds is 6. The predicted molar refractivity (Wildman–Crippen MR) is 63.8 cm³/mol. The van der Waals surface area contributed by atoms with Crippen LogP contribution in [0.15, 0.2) is 24.3 Å². The number of methoxy groups -OCH3 is 2. The summed E-state index contributed by atoms with van der Waals surface area (Å²) < 4.78 is 15.7. The lowest BCUT2D eigenvalue weighted by Crippen LogP contribution is -2.22. The van der Waals surface area contributed by atoms with Gasteiger partial charge in [-0.15, -0.1) is 0 Å². The fourth-order valence-electron chi connectivity index (χ4n) is 1.36. The predicted octanol–water partition coefficient (Wildman–Crippen LogP) is 2.81. The summed E-state index contributed by atoms with van der Waals surface area (Å²) in [4.78, 5) is 0. The maximum absolute atomic E-state index is 5.59. The Kier molecular flexibility index (Phi) is 5.29. The lowest BCUT2D eigenvalue weighted by Gasteiger charge is -2.15. The van der Waals surface area contributed by atoms with Gasteiger partial charge >= 0.3 is 0 Å². The van der Waals surface area contributed by atoms with E-state index in [2.05, 4.69) is 19.9 Å². The minimum Gasteiger partial charge on any atom is -0.488 e. The third kappa shape index (κ3) is 3.83. The Bertz CT molecular complexity index is 306. The topological polar surface area (TPSA) is 27.7 Å². The summed E-state index contributed by atoms with van der Waals surface area (Å²) in [7, 11) is 3.20. The normalized spacial score (nSPS) is 11.1. The standard InChI is InChI=1S/C13H20O3/c1-10(2)11-6-5-7-12(8-11)16-9-13(14-3)15-4/h5-8,10,13H,9H2,1-4H3. The van der Waals surface area contributed by atoms with Crippen LogP contribution in [-0.2, 0) is 9.47 Å². The molecule has 0 atom stereocenters. The molecule has 1 rings (SSSR count). The van der Waals surface area contributed by atoms with Crippen molar-refractivity contribution in [2.45, 2.75) is 26.1 Å². The molecule has 3 heteroatoms. The Morgan fingerprint density at radius 1 is 1.12 bits per heavy atom. The molecule has 16 heavy (non-hydrogen) atoms. The fraction of sp³-hybridized carbons (Fsp3) is 0.538. The summed E-state index contributed by atoms with van der Waals surface area (Å²) in [5, 5.41) is 0. The smallest absolute Gasteiger partial charge is 0.191 e. The summed E-state index contributed by atoms with van der Waals surface area (Å²) in [6.45, 7) is 4.72. The first-order valence-corrected chi connectivity index (χ1v) is 5.45. The quantitative estimate of drug-likeness (QED) is 0.695. The van der Waals surface area contributed by atoms with Gasteiger partial charge in [0.05, 0.1) is 0 Å². The average Bonchev–Trinajstić information content (AvgIpc) is 2.31. The highest BCUT2D eigenvalue weighted by molar-refractivity contribution is 5.30. The van der Waals surface area contributed by atoms with Crippen LogP contribution in [0.25, 0.3) is 0 Å². The van der Waals surface area contributed by atoms with Crippen LogP contribution in [0.2, 0.25) is 0 Å². The molecular weight excluding hydrogens is 204 g/mol. The first-order chi connectivity index (χ1) is 7.67. The van der Waals surface area contributed by atoms with Gasteiger partial charge in [-0.1, -0.05) is 26.0 Å². The van der Waals surface area contributed by atoms with Crippen LogP contribution in [-0.4, -0.2) is 27.1 Å². The van der Waals surface area contributed by atoms with Crippen LogP contribution in [0.1, 0.15) is 25.3 Å². The van der Waals surface area contributed by atoms with E-state index in [4.69, 9.17) is 14.2 Å². The van der Waals surface area contributed by atoms with E-state index < -0.39 is 0 Å². The van der Waals surface area contributed by atoms with E-state index in [1.807, 2.05) is 18.2 Å². The Morgan fingerprint density at radius 3 is 2.38 bits per heavy atom. The Morgan fingerprint density at radius 2 is 1.81 bits per heavy atom. The SMILES string of the molecule is COC(COc1cccc(C(C)C)c1)OC. The first kappa shape index (κ1) is 13.0. The minimum absolute atomic E-state index is 0.317. The van der Waals surface area contributed by atoms with Crippen LogP contribution >= 0.6 is 0 Å². The van der Waals surface area contributed by atoms with E-state index in [9.17, 15) is 0 Å². The maximum Gasteiger partial charge on any atom is 0.191 e. The molecule has 0 aliphatic heterocycles. The van der Waals surface area contributed by atoms with Crippen molar-refractivity contribution < 1.29 is 14.2 Å². The van der Waals surface area contributed by atoms with E-state index in [0.717, 1.165) is 5.75 Å². The zero-order valence-corrected chi connectivity index (χ0v) is 10.4. The van der Waals surface area contributed by atoms with Gasteiger partial charge in [-0.05, 0) is 23.6 Å². The number of benzene rings is 1. The van der Waals surface area contributed by atoms with E-state index in [1.54, 1.807) is 14.2 Å². The van der Waals surface area contributed by atoms with Gasteiger partial charge in [0.2, 0.25) is 0 Å². The third-order valence-corrected chi connectivity index (χ3v) is 2.44. The highest BCUT2D eigenvalue weighted by atomic mass is 16.7. The summed E-state index contributed by atoms with van der Waals surface area (Å²) in [6, 6.07) is 8.09. The molecule has 0 N–H and O–H groups in total. The number of hydrogen-bond donors (Lipinski definition) is 0. The largest absolute Gasteiger partial charge is 0.488 e. The minimum atomic E-state index is -0.317. The molecule has 0 saturated heterocycles. The van der Waals surface area contributed by atoms with Gasteiger partial charge in [-0.2, -0.15) is 0 Å². The van der Waals surface area contributed by atoms with Crippen molar-refractivity contribution in [2.24, 2.45) is 0 Å². The zero-order valence-electron chi connectivity index (χ0n) is 10.4. The fourth-order valence-corrected chi connectivity index (χ4v) is 1.36. The molecule has 0 spiro atoms. The highest BCUT2D eigenvalue weighted by Crippen LogP contribution is 2.20. The van der Waals surface area contributed by atoms with Crippen LogP contribution in [0, 0.1) is 0 Å². The van der Waals surface area contributed by atoms with E-state index in [-0.39, 0.29) is 6.29 Å². The molecule has 1 aromatic rings. The summed E-state index contributed by atoms with van der Waals surface area (Å²) >= 11 is 0. The number of ether oxygens (including phenoxy) is 3. The third-order valence-electron chi connectivity index (χ3n) is 2.44. The van der Waals surface area contributed by atoms with Crippen LogP contribution in [0.3, 0.4) is 0 Å². The molecule has 0 amide bonds. The van der Waals surface area contributed by atoms with Crippen molar-refractivity contribution in [3.05, 3.63) is 29.8 Å². The zero-order chi connectivity index (χ0) is 12.0. The molecule has 0 aliphatic carbocycles. The van der Waals surface area contributed by atoms with Gasteiger partial charge in [0.15, 0.2) is 6.29 Å². The molecule has 0 bridgehead atoms. The Balaban J connectivity index is 2.56. The van der Waals surface area contributed by atoms with E-state index in [0.29, 0.717) is 12.5 Å². The molecule has 0 fully saturated rings. The van der Waals surface area contributed by atoms with Crippen molar-refractivity contribution in [3.8, 4) is 5.75 Å². The molecule has 1 aromatic carbocycles. The summed E-state index contributed by atoms with van der Waals surface area (Å²) in [5.74, 6) is 1.36. The second-order valence-electron chi connectivity index (χ2n) is 3.94. The molecular formula is C13H20O3. The van der Waals surface area contributed by atoms with Gasteiger partial charge in [-0.25, -0.2) is 0 Å². The van der Waals surface area contributed by atoms with Gasteiger partial charge in [0, 0.05) is 14.2 Å². The molecule has 3 nitrogen and oxygen atoms in total. The van der Waals surface area contributed by atoms with Crippen LogP contribution in [0.4, 0.5) is 0 Å². The van der Waals surface area contributed by atoms with Gasteiger partial charge in [0.25, 0.3) is 0 Å². The van der Waals surface area contributed by atoms with Crippen molar-refractivity contribution in [2.75, 3.05) is 20.8 Å². The number of hydrogen-bond acceptors (Lipinski definition) is 3. The molecule has 0 radical (unpaired) electrons. The molecule has 0 unspecified atom stereocenters. The van der Waals surface area contributed by atoms with Crippen molar-refractivity contribution >= 4 is 0 Å². The van der Waals surface area contributed by atoms with E-state index in [1.165, 1.54) is 5.56 Å². The molecule has 90 valence electrons. The summed E-state index contributed by atoms with van der Waals surface area (Å²) in [6.07, 6.45) is -0.317. The maximum atomic E-state index is 5.59. The molecule has 0 aliphatic rings. The van der Waals surface area contributed by atoms with Gasteiger partial charge in [0.1, 0.15) is 12.4 Å². The summed E-state index contributed by atoms with van der Waals surface area (Å²) in [5.41, 5.74) is 1.27. The van der Waals surface area contributed by atoms with Crippen molar-refractivity contribution in [1.29, 1.82) is 0 Å². The van der Waals surface area contributed by atoms with Crippen molar-refractivity contribution in [3.63, 3.8) is 0 Å². The lowest BCUT2D eigenvalue weighted by atomic mass is 10.0. The Hall–Kier alpha value is -1.06. The second kappa shape index (κ2) is 6.51. The van der Waals surface area contributed by atoms with E-state index >= 15 is 0 Å². The molecule has 0 saturated carbocycles. The first-order valence-electron chi connectivity index (χ1n) is 5.45.